The smallest absolute Gasteiger partial charge is 0.0495 e. The predicted octanol–water partition coefficient (Wildman–Crippen LogP) is 3.74. The van der Waals surface area contributed by atoms with Gasteiger partial charge in [-0.15, -0.1) is 0 Å². The summed E-state index contributed by atoms with van der Waals surface area (Å²) in [6, 6.07) is 0. The quantitative estimate of drug-likeness (QED) is 0.692. The van der Waals surface area contributed by atoms with Crippen molar-refractivity contribution >= 4 is 8.07 Å². The molecule has 3 heteroatoms. The molecule has 0 spiro atoms. The Morgan fingerprint density at radius 2 is 1.60 bits per heavy atom. The van der Waals surface area contributed by atoms with E-state index in [1.165, 1.54) is 6.42 Å². The Balaban J connectivity index is 3.00. The van der Waals surface area contributed by atoms with Crippen LogP contribution >= 0.6 is 0 Å². The first-order valence-corrected chi connectivity index (χ1v) is 9.56. The van der Waals surface area contributed by atoms with Crippen LogP contribution in [0.15, 0.2) is 0 Å². The van der Waals surface area contributed by atoms with Crippen molar-refractivity contribution < 1.29 is 5.21 Å². The molecule has 2 nitrogen and oxygen atoms in total. The largest absolute Gasteiger partial charge is 0.313 e. The minimum absolute atomic E-state index is 0.0698. The van der Waals surface area contributed by atoms with Gasteiger partial charge in [-0.1, -0.05) is 19.6 Å². The summed E-state index contributed by atoms with van der Waals surface area (Å²) in [5, 5.41) is 12.0. The summed E-state index contributed by atoms with van der Waals surface area (Å²) in [7, 11) is -1.20. The molecule has 1 atom stereocenters. The van der Waals surface area contributed by atoms with E-state index in [1.54, 1.807) is 5.06 Å². The number of hydroxylamine groups is 2. The molecule has 1 fully saturated rings. The van der Waals surface area contributed by atoms with Crippen molar-refractivity contribution in [2.75, 3.05) is 0 Å². The van der Waals surface area contributed by atoms with Crippen molar-refractivity contribution in [1.82, 2.24) is 5.06 Å². The molecule has 0 radical (unpaired) electrons. The van der Waals surface area contributed by atoms with Crippen molar-refractivity contribution in [1.29, 1.82) is 0 Å². The van der Waals surface area contributed by atoms with E-state index in [0.29, 0.717) is 5.54 Å². The average Bonchev–Trinajstić information content (AvgIpc) is 1.97. The van der Waals surface area contributed by atoms with Crippen LogP contribution in [0.1, 0.15) is 40.5 Å². The van der Waals surface area contributed by atoms with Gasteiger partial charge in [0.2, 0.25) is 0 Å². The molecule has 0 aromatic heterocycles. The van der Waals surface area contributed by atoms with Crippen LogP contribution in [0, 0.1) is 0 Å². The maximum atomic E-state index is 10.4. The normalized spacial score (nSPS) is 31.6. The lowest BCUT2D eigenvalue weighted by Gasteiger charge is -2.56. The maximum absolute atomic E-state index is 10.4. The Hall–Kier alpha value is 0.137. The lowest BCUT2D eigenvalue weighted by Crippen LogP contribution is -2.62. The minimum atomic E-state index is -1.20. The minimum Gasteiger partial charge on any atom is -0.313 e. The van der Waals surface area contributed by atoms with Crippen LogP contribution in [-0.4, -0.2) is 29.4 Å². The standard InChI is InChI=1S/C12H27NOSi/c1-11(2)9-8-10(15(5,6)7)12(3,4)13(11)14/h10,14H,8-9H2,1-7H3. The molecule has 0 bridgehead atoms. The van der Waals surface area contributed by atoms with E-state index in [4.69, 9.17) is 0 Å². The molecule has 0 aliphatic carbocycles. The van der Waals surface area contributed by atoms with Gasteiger partial charge in [0.25, 0.3) is 0 Å². The van der Waals surface area contributed by atoms with Crippen LogP contribution in [0.4, 0.5) is 0 Å². The molecule has 0 amide bonds. The highest BCUT2D eigenvalue weighted by Crippen LogP contribution is 2.48. The van der Waals surface area contributed by atoms with Gasteiger partial charge in [0.15, 0.2) is 0 Å². The Labute approximate surface area is 95.6 Å². The van der Waals surface area contributed by atoms with E-state index in [-0.39, 0.29) is 11.1 Å². The first-order valence-electron chi connectivity index (χ1n) is 5.99. The Kier molecular flexibility index (Phi) is 3.14. The highest BCUT2D eigenvalue weighted by molar-refractivity contribution is 6.77. The molecular weight excluding hydrogens is 202 g/mol. The fourth-order valence-electron chi connectivity index (χ4n) is 3.38. The lowest BCUT2D eigenvalue weighted by atomic mass is 9.81. The van der Waals surface area contributed by atoms with E-state index in [9.17, 15) is 5.21 Å². The molecule has 1 saturated heterocycles. The summed E-state index contributed by atoms with van der Waals surface area (Å²) >= 11 is 0. The van der Waals surface area contributed by atoms with Gasteiger partial charge in [0.1, 0.15) is 0 Å². The number of hydrogen-bond donors (Lipinski definition) is 1. The summed E-state index contributed by atoms with van der Waals surface area (Å²) in [4.78, 5) is 0. The van der Waals surface area contributed by atoms with E-state index < -0.39 is 8.07 Å². The molecule has 1 rings (SSSR count). The summed E-state index contributed by atoms with van der Waals surface area (Å²) in [6.07, 6.45) is 2.36. The van der Waals surface area contributed by atoms with Gasteiger partial charge in [-0.3, -0.25) is 0 Å². The van der Waals surface area contributed by atoms with Gasteiger partial charge in [-0.2, -0.15) is 5.06 Å². The molecular formula is C12H27NOSi. The second-order valence-electron chi connectivity index (χ2n) is 7.24. The molecule has 1 aliphatic rings. The molecule has 0 aromatic carbocycles. The SMILES string of the molecule is CC1(C)CCC([Si](C)(C)C)C(C)(C)N1O. The Bertz CT molecular complexity index is 242. The fraction of sp³-hybridized carbons (Fsp3) is 1.00. The summed E-state index contributed by atoms with van der Waals surface area (Å²) in [6.45, 7) is 15.9. The van der Waals surface area contributed by atoms with Gasteiger partial charge in [-0.25, -0.2) is 0 Å². The fourth-order valence-corrected chi connectivity index (χ4v) is 6.63. The third kappa shape index (κ3) is 2.29. The highest BCUT2D eigenvalue weighted by atomic mass is 28.3. The highest BCUT2D eigenvalue weighted by Gasteiger charge is 2.50. The predicted molar refractivity (Wildman–Crippen MR) is 68.1 cm³/mol. The van der Waals surface area contributed by atoms with Crippen LogP contribution in [-0.2, 0) is 0 Å². The second-order valence-corrected chi connectivity index (χ2v) is 12.7. The van der Waals surface area contributed by atoms with Crippen molar-refractivity contribution in [2.24, 2.45) is 0 Å². The molecule has 1 N–H and O–H groups in total. The van der Waals surface area contributed by atoms with Crippen molar-refractivity contribution in [2.45, 2.75) is 76.8 Å². The molecule has 1 heterocycles. The van der Waals surface area contributed by atoms with Crippen LogP contribution < -0.4 is 0 Å². The average molecular weight is 229 g/mol. The van der Waals surface area contributed by atoms with Crippen LogP contribution in [0.2, 0.25) is 25.2 Å². The van der Waals surface area contributed by atoms with E-state index in [1.807, 2.05) is 0 Å². The molecule has 1 aliphatic heterocycles. The number of rotatable bonds is 1. The second kappa shape index (κ2) is 3.57. The van der Waals surface area contributed by atoms with Crippen LogP contribution in [0.3, 0.4) is 0 Å². The third-order valence-corrected chi connectivity index (χ3v) is 7.15. The zero-order chi connectivity index (χ0) is 12.1. The van der Waals surface area contributed by atoms with Gasteiger partial charge < -0.3 is 5.21 Å². The number of piperidine rings is 1. The van der Waals surface area contributed by atoms with Gasteiger partial charge in [0.05, 0.1) is 0 Å². The van der Waals surface area contributed by atoms with Gasteiger partial charge >= 0.3 is 0 Å². The Morgan fingerprint density at radius 3 is 2.00 bits per heavy atom. The first-order chi connectivity index (χ1) is 6.49. The molecule has 0 aromatic rings. The zero-order valence-corrected chi connectivity index (χ0v) is 12.4. The van der Waals surface area contributed by atoms with Crippen molar-refractivity contribution in [3.8, 4) is 0 Å². The summed E-state index contributed by atoms with van der Waals surface area (Å²) in [5.74, 6) is 0. The van der Waals surface area contributed by atoms with Gasteiger partial charge in [0, 0.05) is 19.2 Å². The molecule has 90 valence electrons. The van der Waals surface area contributed by atoms with Gasteiger partial charge in [-0.05, 0) is 46.1 Å². The number of nitrogens with zero attached hydrogens (tertiary/aromatic N) is 1. The van der Waals surface area contributed by atoms with E-state index in [2.05, 4.69) is 47.3 Å². The van der Waals surface area contributed by atoms with Crippen LogP contribution in [0.25, 0.3) is 0 Å². The van der Waals surface area contributed by atoms with E-state index >= 15 is 0 Å². The summed E-state index contributed by atoms with van der Waals surface area (Å²) in [5.41, 5.74) is 0.523. The topological polar surface area (TPSA) is 23.5 Å². The first kappa shape index (κ1) is 13.2. The molecule has 0 saturated carbocycles. The Morgan fingerprint density at radius 1 is 1.13 bits per heavy atom. The monoisotopic (exact) mass is 229 g/mol. The zero-order valence-electron chi connectivity index (χ0n) is 11.4. The van der Waals surface area contributed by atoms with Crippen molar-refractivity contribution in [3.05, 3.63) is 0 Å². The number of hydrogen-bond acceptors (Lipinski definition) is 2. The third-order valence-electron chi connectivity index (χ3n) is 4.06. The molecule has 15 heavy (non-hydrogen) atoms. The summed E-state index contributed by atoms with van der Waals surface area (Å²) < 4.78 is 0. The van der Waals surface area contributed by atoms with Crippen LogP contribution in [0.5, 0.6) is 0 Å². The van der Waals surface area contributed by atoms with E-state index in [0.717, 1.165) is 6.42 Å². The maximum Gasteiger partial charge on any atom is 0.0495 e. The molecule has 1 unspecified atom stereocenters. The van der Waals surface area contributed by atoms with Crippen molar-refractivity contribution in [3.63, 3.8) is 0 Å². The lowest BCUT2D eigenvalue weighted by molar-refractivity contribution is -0.242.